The van der Waals surface area contributed by atoms with Gasteiger partial charge in [-0.2, -0.15) is 0 Å². The molecule has 1 saturated heterocycles. The monoisotopic (exact) mass is 775 g/mol. The first-order chi connectivity index (χ1) is 26.8. The standard InChI is InChI=1S/C45H74O10/c1-3-5-7-9-11-13-15-17-19-21-23-25-27-29-31-33-40(47)52-36-38(37-53-45-44(51)43(50)42(49)39(35-46)55-45)54-41(48)34-32-30-28-26-24-22-20-18-16-14-12-10-8-6-4-2/h5-8,11-14,17-20,38-39,42-46,49-51H,3-4,9-10,15-16,21-37H2,1-2H3/b7-5-,8-6-,13-11-,14-12-,19-17-,20-18-/t38?,39-,42+,43+,44-,45-/m1/s1. The number of carbonyl (C=O) groups excluding carboxylic acids is 2. The van der Waals surface area contributed by atoms with Crippen molar-refractivity contribution in [2.24, 2.45) is 0 Å². The second kappa shape index (κ2) is 35.5. The van der Waals surface area contributed by atoms with Crippen LogP contribution in [0.4, 0.5) is 0 Å². The van der Waals surface area contributed by atoms with Crippen LogP contribution in [-0.2, 0) is 28.5 Å². The molecule has 55 heavy (non-hydrogen) atoms. The number of hydrogen-bond acceptors (Lipinski definition) is 10. The molecule has 1 aliphatic rings. The molecule has 1 aliphatic heterocycles. The Kier molecular flexibility index (Phi) is 32.4. The highest BCUT2D eigenvalue weighted by atomic mass is 16.7. The molecule has 0 radical (unpaired) electrons. The minimum atomic E-state index is -1.60. The van der Waals surface area contributed by atoms with Gasteiger partial charge in [0.05, 0.1) is 13.2 Å². The third-order valence-corrected chi connectivity index (χ3v) is 9.09. The second-order valence-electron chi connectivity index (χ2n) is 14.0. The molecule has 0 aliphatic carbocycles. The molecule has 0 spiro atoms. The summed E-state index contributed by atoms with van der Waals surface area (Å²) < 4.78 is 22.1. The van der Waals surface area contributed by atoms with Crippen molar-refractivity contribution in [3.05, 3.63) is 72.9 Å². The van der Waals surface area contributed by atoms with E-state index in [-0.39, 0.29) is 26.1 Å². The van der Waals surface area contributed by atoms with Gasteiger partial charge in [0.2, 0.25) is 0 Å². The van der Waals surface area contributed by atoms with Crippen LogP contribution in [0, 0.1) is 0 Å². The maximum atomic E-state index is 12.7. The van der Waals surface area contributed by atoms with E-state index in [1.807, 2.05) is 0 Å². The Bertz CT molecular complexity index is 1120. The van der Waals surface area contributed by atoms with E-state index in [4.69, 9.17) is 18.9 Å². The average Bonchev–Trinajstić information content (AvgIpc) is 3.18. The molecule has 4 N–H and O–H groups in total. The van der Waals surface area contributed by atoms with E-state index >= 15 is 0 Å². The van der Waals surface area contributed by atoms with Crippen molar-refractivity contribution in [2.45, 2.75) is 179 Å². The third kappa shape index (κ3) is 27.4. The van der Waals surface area contributed by atoms with Crippen LogP contribution in [0.5, 0.6) is 0 Å². The van der Waals surface area contributed by atoms with Crippen LogP contribution in [0.15, 0.2) is 72.9 Å². The number of allylic oxidation sites excluding steroid dienone is 12. The van der Waals surface area contributed by atoms with E-state index in [2.05, 4.69) is 86.8 Å². The fraction of sp³-hybridized carbons (Fsp3) is 0.689. The molecule has 1 heterocycles. The lowest BCUT2D eigenvalue weighted by molar-refractivity contribution is -0.305. The summed E-state index contributed by atoms with van der Waals surface area (Å²) in [5.41, 5.74) is 0. The number of carbonyl (C=O) groups is 2. The minimum absolute atomic E-state index is 0.202. The highest BCUT2D eigenvalue weighted by molar-refractivity contribution is 5.70. The van der Waals surface area contributed by atoms with Crippen LogP contribution >= 0.6 is 0 Å². The number of hydrogen-bond donors (Lipinski definition) is 4. The Morgan fingerprint density at radius 2 is 1.02 bits per heavy atom. The fourth-order valence-electron chi connectivity index (χ4n) is 5.80. The predicted molar refractivity (Wildman–Crippen MR) is 219 cm³/mol. The molecule has 0 bridgehead atoms. The van der Waals surface area contributed by atoms with Crippen LogP contribution in [0.1, 0.15) is 142 Å². The number of esters is 2. The van der Waals surface area contributed by atoms with Gasteiger partial charge in [-0.05, 0) is 77.0 Å². The first kappa shape index (κ1) is 50.2. The number of aliphatic hydroxyl groups is 4. The smallest absolute Gasteiger partial charge is 0.306 e. The van der Waals surface area contributed by atoms with Crippen LogP contribution in [0.3, 0.4) is 0 Å². The van der Waals surface area contributed by atoms with E-state index in [0.717, 1.165) is 103 Å². The quantitative estimate of drug-likeness (QED) is 0.0291. The Balaban J connectivity index is 2.39. The Labute approximate surface area is 332 Å². The number of ether oxygens (including phenoxy) is 4. The number of unbranched alkanes of at least 4 members (excludes halogenated alkanes) is 10. The van der Waals surface area contributed by atoms with Crippen LogP contribution in [0.2, 0.25) is 0 Å². The zero-order chi connectivity index (χ0) is 40.2. The molecule has 0 aromatic heterocycles. The summed E-state index contributed by atoms with van der Waals surface area (Å²) in [6, 6.07) is 0. The van der Waals surface area contributed by atoms with Crippen LogP contribution < -0.4 is 0 Å². The molecule has 6 atom stereocenters. The second-order valence-corrected chi connectivity index (χ2v) is 14.0. The third-order valence-electron chi connectivity index (χ3n) is 9.09. The lowest BCUT2D eigenvalue weighted by Gasteiger charge is -2.39. The van der Waals surface area contributed by atoms with Gasteiger partial charge in [-0.25, -0.2) is 0 Å². The summed E-state index contributed by atoms with van der Waals surface area (Å²) in [5.74, 6) is -0.855. The first-order valence-electron chi connectivity index (χ1n) is 21.0. The molecule has 0 aromatic rings. The Hall–Kier alpha value is -2.86. The van der Waals surface area contributed by atoms with Crippen molar-refractivity contribution < 1.29 is 49.0 Å². The minimum Gasteiger partial charge on any atom is -0.462 e. The molecule has 10 heteroatoms. The van der Waals surface area contributed by atoms with Gasteiger partial charge < -0.3 is 39.4 Å². The van der Waals surface area contributed by atoms with E-state index in [1.165, 1.54) is 0 Å². The summed E-state index contributed by atoms with van der Waals surface area (Å²) in [7, 11) is 0. The summed E-state index contributed by atoms with van der Waals surface area (Å²) in [4.78, 5) is 25.3. The largest absolute Gasteiger partial charge is 0.462 e. The maximum absolute atomic E-state index is 12.7. The Morgan fingerprint density at radius 1 is 0.564 bits per heavy atom. The molecule has 1 rings (SSSR count). The lowest BCUT2D eigenvalue weighted by Crippen LogP contribution is -2.59. The SMILES string of the molecule is CC/C=C\C/C=C\C/C=C\CCCCCCCC(=O)OCC(CO[C@@H]1O[C@H](CO)[C@H](O)[C@H](O)[C@H]1O)OC(=O)CCCCCCC/C=C\C/C=C\C/C=C\CC. The topological polar surface area (TPSA) is 152 Å². The van der Waals surface area contributed by atoms with Gasteiger partial charge in [0.15, 0.2) is 12.4 Å². The number of aliphatic hydroxyl groups excluding tert-OH is 4. The molecule has 1 fully saturated rings. The molecule has 0 amide bonds. The molecule has 10 nitrogen and oxygen atoms in total. The van der Waals surface area contributed by atoms with E-state index in [1.54, 1.807) is 0 Å². The van der Waals surface area contributed by atoms with Crippen molar-refractivity contribution in [3.63, 3.8) is 0 Å². The van der Waals surface area contributed by atoms with Gasteiger partial charge in [-0.3, -0.25) is 9.59 Å². The Morgan fingerprint density at radius 3 is 1.53 bits per heavy atom. The lowest BCUT2D eigenvalue weighted by atomic mass is 9.99. The highest BCUT2D eigenvalue weighted by Gasteiger charge is 2.44. The normalized spacial score (nSPS) is 21.3. The zero-order valence-electron chi connectivity index (χ0n) is 33.9. The fourth-order valence-corrected chi connectivity index (χ4v) is 5.80. The van der Waals surface area contributed by atoms with Crippen molar-refractivity contribution in [3.8, 4) is 0 Å². The van der Waals surface area contributed by atoms with Gasteiger partial charge in [0.25, 0.3) is 0 Å². The van der Waals surface area contributed by atoms with Gasteiger partial charge in [-0.1, -0.05) is 125 Å². The van der Waals surface area contributed by atoms with E-state index in [9.17, 15) is 30.0 Å². The van der Waals surface area contributed by atoms with Crippen molar-refractivity contribution in [1.82, 2.24) is 0 Å². The van der Waals surface area contributed by atoms with E-state index in [0.29, 0.717) is 12.8 Å². The van der Waals surface area contributed by atoms with Crippen molar-refractivity contribution in [2.75, 3.05) is 19.8 Å². The van der Waals surface area contributed by atoms with Gasteiger partial charge in [0.1, 0.15) is 31.0 Å². The molecule has 1 unspecified atom stereocenters. The molecular weight excluding hydrogens is 700 g/mol. The summed E-state index contributed by atoms with van der Waals surface area (Å²) in [6.45, 7) is 3.14. The van der Waals surface area contributed by atoms with Crippen molar-refractivity contribution in [1.29, 1.82) is 0 Å². The molecule has 0 aromatic carbocycles. The van der Waals surface area contributed by atoms with Gasteiger partial charge >= 0.3 is 11.9 Å². The highest BCUT2D eigenvalue weighted by Crippen LogP contribution is 2.22. The zero-order valence-corrected chi connectivity index (χ0v) is 33.9. The summed E-state index contributed by atoms with van der Waals surface area (Å²) in [6.07, 6.45) is 36.2. The maximum Gasteiger partial charge on any atom is 0.306 e. The van der Waals surface area contributed by atoms with Gasteiger partial charge in [-0.15, -0.1) is 0 Å². The van der Waals surface area contributed by atoms with E-state index < -0.39 is 55.4 Å². The van der Waals surface area contributed by atoms with Gasteiger partial charge in [0, 0.05) is 12.8 Å². The van der Waals surface area contributed by atoms with Crippen LogP contribution in [0.25, 0.3) is 0 Å². The molecule has 314 valence electrons. The molecule has 0 saturated carbocycles. The summed E-state index contributed by atoms with van der Waals surface area (Å²) >= 11 is 0. The van der Waals surface area contributed by atoms with Crippen LogP contribution in [-0.4, -0.2) is 89.0 Å². The average molecular weight is 775 g/mol. The summed E-state index contributed by atoms with van der Waals surface area (Å²) in [5, 5.41) is 40.0. The number of rotatable bonds is 33. The molecular formula is C45H74O10. The first-order valence-corrected chi connectivity index (χ1v) is 21.0. The predicted octanol–water partition coefficient (Wildman–Crippen LogP) is 8.44. The van der Waals surface area contributed by atoms with Crippen molar-refractivity contribution >= 4 is 11.9 Å².